The third kappa shape index (κ3) is 7.79. The van der Waals surface area contributed by atoms with Crippen molar-refractivity contribution in [2.24, 2.45) is 11.5 Å². The zero-order valence-corrected chi connectivity index (χ0v) is 11.7. The highest BCUT2D eigenvalue weighted by Crippen LogP contribution is 2.16. The van der Waals surface area contributed by atoms with Crippen molar-refractivity contribution in [3.63, 3.8) is 0 Å². The van der Waals surface area contributed by atoms with Gasteiger partial charge in [-0.3, -0.25) is 0 Å². The Bertz CT molecular complexity index is 222. The highest BCUT2D eigenvalue weighted by atomic mass is 28.4. The van der Waals surface area contributed by atoms with Crippen LogP contribution < -0.4 is 16.8 Å². The van der Waals surface area contributed by atoms with Crippen molar-refractivity contribution in [3.05, 3.63) is 0 Å². The summed E-state index contributed by atoms with van der Waals surface area (Å²) in [5.74, 6) is 0. The molecule has 0 saturated heterocycles. The molecule has 0 aromatic heterocycles. The van der Waals surface area contributed by atoms with Gasteiger partial charge < -0.3 is 30.1 Å². The van der Waals surface area contributed by atoms with E-state index in [1.54, 1.807) is 21.3 Å². The van der Waals surface area contributed by atoms with Gasteiger partial charge in [0.05, 0.1) is 0 Å². The molecule has 5 N–H and O–H groups in total. The Morgan fingerprint density at radius 1 is 1.22 bits per heavy atom. The van der Waals surface area contributed by atoms with Gasteiger partial charge in [-0.05, 0) is 23.8 Å². The zero-order chi connectivity index (χ0) is 13.3. The van der Waals surface area contributed by atoms with Crippen molar-refractivity contribution >= 4 is 25.8 Å². The van der Waals surface area contributed by atoms with Crippen LogP contribution in [-0.4, -0.2) is 59.7 Å². The van der Waals surface area contributed by atoms with E-state index < -0.39 is 14.8 Å². The maximum atomic E-state index is 10.5. The van der Waals surface area contributed by atoms with Crippen LogP contribution in [0.25, 0.3) is 0 Å². The van der Waals surface area contributed by atoms with E-state index in [1.807, 2.05) is 0 Å². The number of hydrogen-bond donors (Lipinski definition) is 3. The van der Waals surface area contributed by atoms with Gasteiger partial charge in [-0.25, -0.2) is 4.79 Å². The van der Waals surface area contributed by atoms with E-state index in [1.165, 1.54) is 0 Å². The second kappa shape index (κ2) is 10.5. The second-order valence-electron chi connectivity index (χ2n) is 3.67. The lowest BCUT2D eigenvalue weighted by atomic mass is 10.2. The Kier molecular flexibility index (Phi) is 11.6. The Balaban J connectivity index is 0. The first-order chi connectivity index (χ1) is 7.99. The van der Waals surface area contributed by atoms with Crippen LogP contribution in [0.2, 0.25) is 6.04 Å². The van der Waals surface area contributed by atoms with Gasteiger partial charge in [0.2, 0.25) is 0 Å². The van der Waals surface area contributed by atoms with Crippen LogP contribution in [0.15, 0.2) is 0 Å². The number of carbonyl (C=O) groups excluding carboxylic acids is 1. The molecule has 0 saturated carbocycles. The van der Waals surface area contributed by atoms with Crippen LogP contribution >= 0.6 is 0 Å². The SMILES string of the molecule is CO[Si](CCC(N)CCNC(N)=O)(OC)OC.[SiH4]. The van der Waals surface area contributed by atoms with Crippen LogP contribution in [0.3, 0.4) is 0 Å². The molecule has 7 nitrogen and oxygen atoms in total. The fourth-order valence-corrected chi connectivity index (χ4v) is 3.28. The minimum absolute atomic E-state index is 0. The monoisotopic (exact) mass is 297 g/mol. The molecule has 0 aliphatic carbocycles. The molecule has 9 heteroatoms. The van der Waals surface area contributed by atoms with Crippen LogP contribution in [0, 0.1) is 0 Å². The molecule has 0 spiro atoms. The molecule has 0 heterocycles. The van der Waals surface area contributed by atoms with Gasteiger partial charge in [0.25, 0.3) is 0 Å². The highest BCUT2D eigenvalue weighted by molar-refractivity contribution is 6.60. The van der Waals surface area contributed by atoms with Crippen LogP contribution in [0.4, 0.5) is 4.79 Å². The molecular formula is C9H27N3O4Si2. The maximum Gasteiger partial charge on any atom is 0.500 e. The standard InChI is InChI=1S/C9H23N3O4Si.H4Si/c1-14-17(15-2,16-3)7-5-8(10)4-6-12-9(11)13;/h8H,4-7,10H2,1-3H3,(H3,11,12,13);1H4. The van der Waals surface area contributed by atoms with Crippen molar-refractivity contribution in [1.82, 2.24) is 5.32 Å². The molecule has 0 radical (unpaired) electrons. The minimum Gasteiger partial charge on any atom is -0.377 e. The van der Waals surface area contributed by atoms with Gasteiger partial charge >= 0.3 is 14.8 Å². The van der Waals surface area contributed by atoms with Crippen molar-refractivity contribution in [2.75, 3.05) is 27.9 Å². The molecular weight excluding hydrogens is 270 g/mol. The van der Waals surface area contributed by atoms with E-state index in [9.17, 15) is 4.79 Å². The lowest BCUT2D eigenvalue weighted by Crippen LogP contribution is -2.44. The summed E-state index contributed by atoms with van der Waals surface area (Å²) in [7, 11) is 2.17. The molecule has 1 unspecified atom stereocenters. The summed E-state index contributed by atoms with van der Waals surface area (Å²) in [6.07, 6.45) is 1.37. The van der Waals surface area contributed by atoms with Gasteiger partial charge in [0, 0.05) is 40.0 Å². The van der Waals surface area contributed by atoms with Gasteiger partial charge in [0.15, 0.2) is 0 Å². The normalized spacial score (nSPS) is 12.7. The summed E-state index contributed by atoms with van der Waals surface area (Å²) in [4.78, 5) is 10.5. The van der Waals surface area contributed by atoms with E-state index in [0.29, 0.717) is 25.4 Å². The molecule has 0 fully saturated rings. The summed E-state index contributed by atoms with van der Waals surface area (Å²) < 4.78 is 15.8. The minimum atomic E-state index is -2.53. The lowest BCUT2D eigenvalue weighted by Gasteiger charge is -2.25. The first kappa shape index (κ1) is 19.9. The molecule has 0 aromatic rings. The molecule has 110 valence electrons. The topological polar surface area (TPSA) is 109 Å². The summed E-state index contributed by atoms with van der Waals surface area (Å²) in [6.45, 7) is 0.470. The fraction of sp³-hybridized carbons (Fsp3) is 0.889. The predicted molar refractivity (Wildman–Crippen MR) is 77.7 cm³/mol. The van der Waals surface area contributed by atoms with E-state index in [2.05, 4.69) is 5.32 Å². The van der Waals surface area contributed by atoms with Crippen LogP contribution in [0.5, 0.6) is 0 Å². The largest absolute Gasteiger partial charge is 0.500 e. The van der Waals surface area contributed by atoms with Crippen LogP contribution in [0.1, 0.15) is 12.8 Å². The number of primary amides is 1. The van der Waals surface area contributed by atoms with Gasteiger partial charge in [0.1, 0.15) is 0 Å². The van der Waals surface area contributed by atoms with Crippen molar-refractivity contribution in [3.8, 4) is 0 Å². The number of rotatable bonds is 9. The van der Waals surface area contributed by atoms with Crippen LogP contribution in [-0.2, 0) is 13.3 Å². The van der Waals surface area contributed by atoms with E-state index in [0.717, 1.165) is 0 Å². The average molecular weight is 298 g/mol. The number of nitrogens with one attached hydrogen (secondary N) is 1. The number of carbonyl (C=O) groups is 1. The third-order valence-electron chi connectivity index (χ3n) is 2.57. The Morgan fingerprint density at radius 3 is 2.11 bits per heavy atom. The molecule has 2 amide bonds. The predicted octanol–water partition coefficient (Wildman–Crippen LogP) is -1.81. The second-order valence-corrected chi connectivity index (χ2v) is 6.76. The van der Waals surface area contributed by atoms with E-state index in [-0.39, 0.29) is 17.0 Å². The smallest absolute Gasteiger partial charge is 0.377 e. The molecule has 18 heavy (non-hydrogen) atoms. The zero-order valence-electron chi connectivity index (χ0n) is 10.7. The summed E-state index contributed by atoms with van der Waals surface area (Å²) in [6, 6.07) is 0.0644. The van der Waals surface area contributed by atoms with Crippen molar-refractivity contribution in [1.29, 1.82) is 0 Å². The Labute approximate surface area is 114 Å². The van der Waals surface area contributed by atoms with Gasteiger partial charge in [-0.15, -0.1) is 0 Å². The molecule has 0 aromatic carbocycles. The number of urea groups is 1. The highest BCUT2D eigenvalue weighted by Gasteiger charge is 2.37. The summed E-state index contributed by atoms with van der Waals surface area (Å²) in [5, 5.41) is 2.49. The summed E-state index contributed by atoms with van der Waals surface area (Å²) >= 11 is 0. The molecule has 1 atom stereocenters. The lowest BCUT2D eigenvalue weighted by molar-refractivity contribution is 0.122. The van der Waals surface area contributed by atoms with Crippen molar-refractivity contribution in [2.45, 2.75) is 24.9 Å². The van der Waals surface area contributed by atoms with Gasteiger partial charge in [-0.2, -0.15) is 0 Å². The number of amides is 2. The Morgan fingerprint density at radius 2 is 1.72 bits per heavy atom. The first-order valence-corrected chi connectivity index (χ1v) is 7.37. The van der Waals surface area contributed by atoms with Crippen molar-refractivity contribution < 1.29 is 18.1 Å². The Hall–Kier alpha value is -0.456. The number of hydrogen-bond acceptors (Lipinski definition) is 5. The average Bonchev–Trinajstić information content (AvgIpc) is 2.31. The molecule has 0 rings (SSSR count). The molecule has 0 bridgehead atoms. The quantitative estimate of drug-likeness (QED) is 0.435. The van der Waals surface area contributed by atoms with Gasteiger partial charge in [-0.1, -0.05) is 0 Å². The van der Waals surface area contributed by atoms with E-state index in [4.69, 9.17) is 24.7 Å². The maximum absolute atomic E-state index is 10.5. The number of nitrogens with two attached hydrogens (primary N) is 2. The first-order valence-electron chi connectivity index (χ1n) is 5.44. The van der Waals surface area contributed by atoms with E-state index >= 15 is 0 Å². The third-order valence-corrected chi connectivity index (χ3v) is 5.34. The summed E-state index contributed by atoms with van der Waals surface area (Å²) in [5.41, 5.74) is 10.8. The fourth-order valence-electron chi connectivity index (χ4n) is 1.44. The molecule has 0 aliphatic heterocycles. The molecule has 0 aliphatic rings.